The summed E-state index contributed by atoms with van der Waals surface area (Å²) in [5.41, 5.74) is 0.778. The summed E-state index contributed by atoms with van der Waals surface area (Å²) in [5, 5.41) is 9.04. The van der Waals surface area contributed by atoms with Gasteiger partial charge in [-0.1, -0.05) is 30.3 Å². The molecule has 2 N–H and O–H groups in total. The minimum absolute atomic E-state index is 0.0361. The zero-order valence-electron chi connectivity index (χ0n) is 18.7. The Balaban J connectivity index is 1.63. The van der Waals surface area contributed by atoms with Gasteiger partial charge in [-0.05, 0) is 48.0 Å². The highest BCUT2D eigenvalue weighted by Crippen LogP contribution is 2.31. The molecule has 0 spiro atoms. The van der Waals surface area contributed by atoms with Crippen LogP contribution in [0.1, 0.15) is 21.5 Å². The van der Waals surface area contributed by atoms with Gasteiger partial charge in [0.2, 0.25) is 0 Å². The monoisotopic (exact) mass is 499 g/mol. The molecule has 0 aliphatic carbocycles. The van der Waals surface area contributed by atoms with Gasteiger partial charge >= 0.3 is 11.9 Å². The molecule has 0 bridgehead atoms. The van der Waals surface area contributed by atoms with Crippen molar-refractivity contribution in [1.82, 2.24) is 14.6 Å². The number of fused-ring (bicyclic) bond motifs is 1. The Bertz CT molecular complexity index is 1530. The van der Waals surface area contributed by atoms with Gasteiger partial charge in [-0.15, -0.1) is 0 Å². The van der Waals surface area contributed by atoms with Gasteiger partial charge < -0.3 is 4.74 Å². The highest BCUT2D eigenvalue weighted by molar-refractivity contribution is 5.93. The molecule has 1 heterocycles. The number of carbonyl (C=O) groups is 1. The summed E-state index contributed by atoms with van der Waals surface area (Å²) in [6.45, 7) is -0.316. The molecule has 11 heteroatoms. The molecule has 0 unspecified atom stereocenters. The first kappa shape index (κ1) is 24.7. The van der Waals surface area contributed by atoms with Crippen molar-refractivity contribution in [3.63, 3.8) is 0 Å². The number of nitrogens with zero attached hydrogens (tertiary/aromatic N) is 2. The Hall–Kier alpha value is -4.38. The number of rotatable bonds is 7. The number of hydroxylamine groups is 1. The molecule has 4 rings (SSSR count). The lowest BCUT2D eigenvalue weighted by atomic mass is 10.1. The molecule has 1 aromatic heterocycles. The minimum atomic E-state index is -4.53. The van der Waals surface area contributed by atoms with E-state index in [1.165, 1.54) is 34.3 Å². The van der Waals surface area contributed by atoms with Crippen molar-refractivity contribution in [2.24, 2.45) is 0 Å². The number of alkyl halides is 3. The molecule has 8 nitrogen and oxygen atoms in total. The Morgan fingerprint density at radius 3 is 2.36 bits per heavy atom. The number of amides is 1. The largest absolute Gasteiger partial charge is 0.492 e. The van der Waals surface area contributed by atoms with Gasteiger partial charge in [-0.2, -0.15) is 13.2 Å². The van der Waals surface area contributed by atoms with E-state index in [-0.39, 0.29) is 36.4 Å². The second-order valence-corrected chi connectivity index (χ2v) is 7.85. The van der Waals surface area contributed by atoms with Crippen LogP contribution < -0.4 is 21.5 Å². The molecule has 0 saturated carbocycles. The molecule has 36 heavy (non-hydrogen) atoms. The summed E-state index contributed by atoms with van der Waals surface area (Å²) in [5.74, 6) is -0.718. The topological polar surface area (TPSA) is 103 Å². The molecule has 0 fully saturated rings. The normalized spacial score (nSPS) is 11.4. The van der Waals surface area contributed by atoms with E-state index >= 15 is 0 Å². The fraction of sp³-hybridized carbons (Fsp3) is 0.160. The lowest BCUT2D eigenvalue weighted by Crippen LogP contribution is -2.41. The van der Waals surface area contributed by atoms with Crippen LogP contribution in [0.2, 0.25) is 0 Å². The first-order chi connectivity index (χ1) is 17.2. The molecule has 0 atom stereocenters. The van der Waals surface area contributed by atoms with Crippen molar-refractivity contribution in [1.29, 1.82) is 0 Å². The number of hydrogen-bond donors (Lipinski definition) is 2. The number of carbonyl (C=O) groups excluding carboxylic acids is 1. The molecule has 0 aliphatic rings. The third-order valence-corrected chi connectivity index (χ3v) is 5.54. The van der Waals surface area contributed by atoms with Crippen molar-refractivity contribution >= 4 is 16.8 Å². The third-order valence-electron chi connectivity index (χ3n) is 5.54. The molecular weight excluding hydrogens is 479 g/mol. The zero-order chi connectivity index (χ0) is 25.9. The third kappa shape index (κ3) is 5.15. The maximum Gasteiger partial charge on any atom is 0.416 e. The summed E-state index contributed by atoms with van der Waals surface area (Å²) in [7, 11) is 0. The smallest absolute Gasteiger partial charge is 0.416 e. The molecule has 3 aromatic carbocycles. The summed E-state index contributed by atoms with van der Waals surface area (Å²) in [4.78, 5) is 37.8. The average molecular weight is 499 g/mol. The predicted molar refractivity (Wildman–Crippen MR) is 124 cm³/mol. The Labute approximate surface area is 201 Å². The Morgan fingerprint density at radius 1 is 0.944 bits per heavy atom. The lowest BCUT2D eigenvalue weighted by molar-refractivity contribution is -0.137. The molecule has 0 saturated heterocycles. The van der Waals surface area contributed by atoms with Gasteiger partial charge in [0, 0.05) is 5.56 Å². The number of hydrogen-bond acceptors (Lipinski definition) is 5. The standard InChI is InChI=1S/C25H20F3N3O5/c26-25(27,28)18-4-3-5-19(14-18)36-13-12-30-23(33)20-6-1-2-7-21(20)31(24(30)34)15-16-8-10-17(11-9-16)22(32)29-35/h1-11,14,35H,12-13,15H2,(H,29,32). The fourth-order valence-corrected chi connectivity index (χ4v) is 3.75. The van der Waals surface area contributed by atoms with Crippen molar-refractivity contribution in [3.8, 4) is 5.75 Å². The van der Waals surface area contributed by atoms with Gasteiger partial charge in [0.1, 0.15) is 12.4 Å². The van der Waals surface area contributed by atoms with Crippen molar-refractivity contribution < 1.29 is 27.9 Å². The van der Waals surface area contributed by atoms with Gasteiger partial charge in [-0.3, -0.25) is 23.9 Å². The molecule has 4 aromatic rings. The number of ether oxygens (including phenoxy) is 1. The summed E-state index contributed by atoms with van der Waals surface area (Å²) < 4.78 is 46.6. The van der Waals surface area contributed by atoms with E-state index in [0.717, 1.165) is 16.7 Å². The average Bonchev–Trinajstić information content (AvgIpc) is 2.88. The van der Waals surface area contributed by atoms with E-state index in [0.29, 0.717) is 11.1 Å². The Morgan fingerprint density at radius 2 is 1.67 bits per heavy atom. The van der Waals surface area contributed by atoms with Crippen LogP contribution in [0.4, 0.5) is 13.2 Å². The van der Waals surface area contributed by atoms with Gasteiger partial charge in [0.25, 0.3) is 11.5 Å². The van der Waals surface area contributed by atoms with E-state index in [9.17, 15) is 27.6 Å². The first-order valence-corrected chi connectivity index (χ1v) is 10.7. The van der Waals surface area contributed by atoms with Gasteiger partial charge in [0.15, 0.2) is 0 Å². The fourth-order valence-electron chi connectivity index (χ4n) is 3.75. The van der Waals surface area contributed by atoms with Crippen LogP contribution in [0.25, 0.3) is 10.9 Å². The highest BCUT2D eigenvalue weighted by atomic mass is 19.4. The van der Waals surface area contributed by atoms with Crippen LogP contribution in [0.3, 0.4) is 0 Å². The molecule has 0 radical (unpaired) electrons. The van der Waals surface area contributed by atoms with Crippen LogP contribution in [0.15, 0.2) is 82.4 Å². The quantitative estimate of drug-likeness (QED) is 0.300. The second kappa shape index (κ2) is 10.1. The number of aromatic nitrogens is 2. The van der Waals surface area contributed by atoms with Gasteiger partial charge in [0.05, 0.1) is 29.6 Å². The zero-order valence-corrected chi connectivity index (χ0v) is 18.7. The number of halogens is 3. The highest BCUT2D eigenvalue weighted by Gasteiger charge is 2.30. The lowest BCUT2D eigenvalue weighted by Gasteiger charge is -2.15. The SMILES string of the molecule is O=C(NO)c1ccc(Cn2c(=O)n(CCOc3cccc(C(F)(F)F)c3)c(=O)c3ccccc32)cc1. The van der Waals surface area contributed by atoms with E-state index in [1.54, 1.807) is 36.4 Å². The van der Waals surface area contributed by atoms with Gasteiger partial charge in [-0.25, -0.2) is 10.3 Å². The van der Waals surface area contributed by atoms with E-state index in [4.69, 9.17) is 9.94 Å². The number of para-hydroxylation sites is 1. The summed E-state index contributed by atoms with van der Waals surface area (Å²) in [6.07, 6.45) is -4.53. The van der Waals surface area contributed by atoms with E-state index in [2.05, 4.69) is 0 Å². The van der Waals surface area contributed by atoms with Crippen LogP contribution >= 0.6 is 0 Å². The van der Waals surface area contributed by atoms with Crippen LogP contribution in [0.5, 0.6) is 5.75 Å². The maximum atomic E-state index is 13.3. The van der Waals surface area contributed by atoms with Crippen LogP contribution in [0, 0.1) is 0 Å². The number of benzene rings is 3. The van der Waals surface area contributed by atoms with Crippen molar-refractivity contribution in [3.05, 3.63) is 110 Å². The predicted octanol–water partition coefficient (Wildman–Crippen LogP) is 3.43. The van der Waals surface area contributed by atoms with Crippen LogP contribution in [-0.2, 0) is 19.3 Å². The molecule has 0 aliphatic heterocycles. The van der Waals surface area contributed by atoms with Crippen LogP contribution in [-0.4, -0.2) is 26.9 Å². The first-order valence-electron chi connectivity index (χ1n) is 10.7. The minimum Gasteiger partial charge on any atom is -0.492 e. The van der Waals surface area contributed by atoms with Crippen molar-refractivity contribution in [2.75, 3.05) is 6.61 Å². The summed E-state index contributed by atoms with van der Waals surface area (Å²) >= 11 is 0. The summed E-state index contributed by atoms with van der Waals surface area (Å²) in [6, 6.07) is 17.1. The molecular formula is C25H20F3N3O5. The second-order valence-electron chi connectivity index (χ2n) is 7.85. The molecule has 186 valence electrons. The van der Waals surface area contributed by atoms with E-state index < -0.39 is 28.9 Å². The van der Waals surface area contributed by atoms with E-state index in [1.807, 2.05) is 0 Å². The Kier molecular flexibility index (Phi) is 6.93. The maximum absolute atomic E-state index is 13.3. The molecule has 1 amide bonds. The number of nitrogens with one attached hydrogen (secondary N) is 1. The van der Waals surface area contributed by atoms with Crippen molar-refractivity contribution in [2.45, 2.75) is 19.3 Å².